The zero-order valence-corrected chi connectivity index (χ0v) is 14.9. The van der Waals surface area contributed by atoms with E-state index in [-0.39, 0.29) is 28.9 Å². The zero-order valence-electron chi connectivity index (χ0n) is 14.1. The molecule has 1 aliphatic rings. The Kier molecular flexibility index (Phi) is 6.25. The highest BCUT2D eigenvalue weighted by atomic mass is 32.2. The fourth-order valence-electron chi connectivity index (χ4n) is 2.55. The molecule has 1 aromatic carbocycles. The predicted molar refractivity (Wildman–Crippen MR) is 94.1 cm³/mol. The Bertz CT molecular complexity index is 613. The SMILES string of the molecule is CC[C@@H]1S[C@@H](CC)C(=O)N(CC(=O)Nc2ccccc2OC)C1=O. The summed E-state index contributed by atoms with van der Waals surface area (Å²) in [4.78, 5) is 38.2. The Morgan fingerprint density at radius 3 is 2.29 bits per heavy atom. The summed E-state index contributed by atoms with van der Waals surface area (Å²) in [7, 11) is 1.51. The van der Waals surface area contributed by atoms with Crippen LogP contribution in [0.15, 0.2) is 24.3 Å². The highest BCUT2D eigenvalue weighted by molar-refractivity contribution is 8.02. The van der Waals surface area contributed by atoms with Crippen LogP contribution in [-0.4, -0.2) is 46.8 Å². The highest BCUT2D eigenvalue weighted by Crippen LogP contribution is 2.31. The minimum atomic E-state index is -0.419. The standard InChI is InChI=1S/C17H22N2O4S/c1-4-13-16(21)19(17(22)14(5-2)24-13)10-15(20)18-11-8-6-7-9-12(11)23-3/h6-9,13-14H,4-5,10H2,1-3H3,(H,18,20)/t13-,14-/m0/s1. The van der Waals surface area contributed by atoms with E-state index in [4.69, 9.17) is 4.74 Å². The van der Waals surface area contributed by atoms with Gasteiger partial charge in [-0.3, -0.25) is 19.3 Å². The molecule has 130 valence electrons. The van der Waals surface area contributed by atoms with E-state index < -0.39 is 5.91 Å². The fourth-order valence-corrected chi connectivity index (χ4v) is 3.82. The molecule has 6 nitrogen and oxygen atoms in total. The van der Waals surface area contributed by atoms with Gasteiger partial charge < -0.3 is 10.1 Å². The number of hydrogen-bond donors (Lipinski definition) is 1. The number of amides is 3. The molecule has 2 rings (SSSR count). The quantitative estimate of drug-likeness (QED) is 0.797. The maximum atomic E-state index is 12.4. The Balaban J connectivity index is 2.11. The van der Waals surface area contributed by atoms with Gasteiger partial charge in [-0.2, -0.15) is 0 Å². The molecule has 7 heteroatoms. The monoisotopic (exact) mass is 350 g/mol. The summed E-state index contributed by atoms with van der Waals surface area (Å²) >= 11 is 1.40. The van der Waals surface area contributed by atoms with Crippen LogP contribution < -0.4 is 10.1 Å². The van der Waals surface area contributed by atoms with Gasteiger partial charge in [-0.25, -0.2) is 0 Å². The number of hydrogen-bond acceptors (Lipinski definition) is 5. The summed E-state index contributed by atoms with van der Waals surface area (Å²) in [6.45, 7) is 3.54. The number of imide groups is 1. The molecule has 0 radical (unpaired) electrons. The topological polar surface area (TPSA) is 75.7 Å². The number of carbonyl (C=O) groups is 3. The van der Waals surface area contributed by atoms with Crippen LogP contribution in [0.1, 0.15) is 26.7 Å². The highest BCUT2D eigenvalue weighted by Gasteiger charge is 2.40. The molecule has 3 amide bonds. The average molecular weight is 350 g/mol. The van der Waals surface area contributed by atoms with E-state index in [0.29, 0.717) is 24.3 Å². The number of nitrogens with zero attached hydrogens (tertiary/aromatic N) is 1. The second kappa shape index (κ2) is 8.19. The minimum Gasteiger partial charge on any atom is -0.495 e. The van der Waals surface area contributed by atoms with Gasteiger partial charge >= 0.3 is 0 Å². The van der Waals surface area contributed by atoms with Gasteiger partial charge in [0.25, 0.3) is 0 Å². The van der Waals surface area contributed by atoms with Crippen LogP contribution in [0.25, 0.3) is 0 Å². The summed E-state index contributed by atoms with van der Waals surface area (Å²) in [5, 5.41) is 2.16. The van der Waals surface area contributed by atoms with Crippen LogP contribution in [0.3, 0.4) is 0 Å². The van der Waals surface area contributed by atoms with Crippen molar-refractivity contribution in [2.75, 3.05) is 19.0 Å². The van der Waals surface area contributed by atoms with Gasteiger partial charge in [-0.1, -0.05) is 26.0 Å². The van der Waals surface area contributed by atoms with E-state index in [0.717, 1.165) is 4.90 Å². The van der Waals surface area contributed by atoms with Gasteiger partial charge in [0.05, 0.1) is 23.3 Å². The number of nitrogens with one attached hydrogen (secondary N) is 1. The second-order valence-corrected chi connectivity index (χ2v) is 6.85. The predicted octanol–water partition coefficient (Wildman–Crippen LogP) is 2.29. The van der Waals surface area contributed by atoms with Crippen LogP contribution in [0.4, 0.5) is 5.69 Å². The molecule has 24 heavy (non-hydrogen) atoms. The van der Waals surface area contributed by atoms with Crippen molar-refractivity contribution in [1.82, 2.24) is 4.90 Å². The van der Waals surface area contributed by atoms with Gasteiger partial charge in [-0.05, 0) is 25.0 Å². The average Bonchev–Trinajstić information content (AvgIpc) is 2.59. The largest absolute Gasteiger partial charge is 0.495 e. The van der Waals surface area contributed by atoms with Gasteiger partial charge in [0.15, 0.2) is 0 Å². The molecule has 0 aromatic heterocycles. The summed E-state index contributed by atoms with van der Waals surface area (Å²) < 4.78 is 5.18. The van der Waals surface area contributed by atoms with Gasteiger partial charge in [0.1, 0.15) is 12.3 Å². The van der Waals surface area contributed by atoms with E-state index in [2.05, 4.69) is 5.32 Å². The smallest absolute Gasteiger partial charge is 0.244 e. The number of carbonyl (C=O) groups excluding carboxylic acids is 3. The molecule has 0 bridgehead atoms. The van der Waals surface area contributed by atoms with Crippen LogP contribution in [-0.2, 0) is 14.4 Å². The maximum Gasteiger partial charge on any atom is 0.244 e. The summed E-state index contributed by atoms with van der Waals surface area (Å²) in [5.41, 5.74) is 0.510. The number of rotatable bonds is 6. The van der Waals surface area contributed by atoms with Crippen molar-refractivity contribution in [1.29, 1.82) is 0 Å². The van der Waals surface area contributed by atoms with Crippen LogP contribution in [0, 0.1) is 0 Å². The lowest BCUT2D eigenvalue weighted by atomic mass is 10.2. The van der Waals surface area contributed by atoms with Gasteiger partial charge in [0.2, 0.25) is 17.7 Å². The molecule has 2 atom stereocenters. The van der Waals surface area contributed by atoms with E-state index in [1.807, 2.05) is 13.8 Å². The first-order valence-corrected chi connectivity index (χ1v) is 8.89. The minimum absolute atomic E-state index is 0.272. The molecule has 1 heterocycles. The Labute approximate surface area is 145 Å². The molecule has 0 spiro atoms. The number of benzene rings is 1. The Hall–Kier alpha value is -2.02. The van der Waals surface area contributed by atoms with Crippen LogP contribution in [0.5, 0.6) is 5.75 Å². The van der Waals surface area contributed by atoms with Crippen molar-refractivity contribution >= 4 is 35.2 Å². The molecule has 1 fully saturated rings. The lowest BCUT2D eigenvalue weighted by Gasteiger charge is -2.34. The van der Waals surface area contributed by atoms with Gasteiger partial charge in [-0.15, -0.1) is 11.8 Å². The molecular weight excluding hydrogens is 328 g/mol. The zero-order chi connectivity index (χ0) is 17.7. The van der Waals surface area contributed by atoms with Crippen molar-refractivity contribution in [2.24, 2.45) is 0 Å². The van der Waals surface area contributed by atoms with Crippen LogP contribution >= 0.6 is 11.8 Å². The third-order valence-corrected chi connectivity index (χ3v) is 5.56. The first-order chi connectivity index (χ1) is 11.5. The summed E-state index contributed by atoms with van der Waals surface area (Å²) in [6.07, 6.45) is 1.27. The lowest BCUT2D eigenvalue weighted by Crippen LogP contribution is -2.53. The molecular formula is C17H22N2O4S. The Morgan fingerprint density at radius 1 is 1.17 bits per heavy atom. The molecule has 1 aliphatic heterocycles. The maximum absolute atomic E-state index is 12.4. The van der Waals surface area contributed by atoms with E-state index in [9.17, 15) is 14.4 Å². The summed E-state index contributed by atoms with van der Waals surface area (Å²) in [6, 6.07) is 6.99. The molecule has 1 aromatic rings. The van der Waals surface area contributed by atoms with E-state index in [1.165, 1.54) is 18.9 Å². The van der Waals surface area contributed by atoms with Crippen molar-refractivity contribution in [3.63, 3.8) is 0 Å². The number of ether oxygens (including phenoxy) is 1. The molecule has 1 saturated heterocycles. The van der Waals surface area contributed by atoms with Crippen LogP contribution in [0.2, 0.25) is 0 Å². The number of methoxy groups -OCH3 is 1. The van der Waals surface area contributed by atoms with Gasteiger partial charge in [0, 0.05) is 0 Å². The number of para-hydroxylation sites is 2. The molecule has 0 saturated carbocycles. The number of thioether (sulfide) groups is 1. The molecule has 0 aliphatic carbocycles. The first kappa shape index (κ1) is 18.3. The Morgan fingerprint density at radius 2 is 1.75 bits per heavy atom. The second-order valence-electron chi connectivity index (χ2n) is 5.44. The summed E-state index contributed by atoms with van der Waals surface area (Å²) in [5.74, 6) is -0.465. The van der Waals surface area contributed by atoms with Crippen molar-refractivity contribution in [3.05, 3.63) is 24.3 Å². The first-order valence-electron chi connectivity index (χ1n) is 7.95. The van der Waals surface area contributed by atoms with Crippen molar-refractivity contribution in [3.8, 4) is 5.75 Å². The van der Waals surface area contributed by atoms with E-state index in [1.54, 1.807) is 24.3 Å². The van der Waals surface area contributed by atoms with Crippen molar-refractivity contribution < 1.29 is 19.1 Å². The normalized spacial score (nSPS) is 20.9. The fraction of sp³-hybridized carbons (Fsp3) is 0.471. The number of anilines is 1. The van der Waals surface area contributed by atoms with E-state index >= 15 is 0 Å². The molecule has 0 unspecified atom stereocenters. The molecule has 1 N–H and O–H groups in total. The third kappa shape index (κ3) is 3.90. The van der Waals surface area contributed by atoms with Crippen molar-refractivity contribution in [2.45, 2.75) is 37.2 Å². The third-order valence-electron chi connectivity index (χ3n) is 3.84. The lowest BCUT2D eigenvalue weighted by molar-refractivity contribution is -0.147.